The number of benzene rings is 10. The Bertz CT molecular complexity index is 4950. The minimum atomic E-state index is 0.539. The predicted octanol–water partition coefficient (Wildman–Crippen LogP) is 24.8. The Hall–Kier alpha value is -9.72. The summed E-state index contributed by atoms with van der Waals surface area (Å²) in [6, 6.07) is 75.1. The summed E-state index contributed by atoms with van der Waals surface area (Å²) in [5.41, 5.74) is 22.0. The van der Waals surface area contributed by atoms with E-state index in [4.69, 9.17) is 8.83 Å². The zero-order chi connectivity index (χ0) is 64.2. The van der Waals surface area contributed by atoms with Crippen molar-refractivity contribution in [3.05, 3.63) is 264 Å². The van der Waals surface area contributed by atoms with E-state index in [9.17, 15) is 0 Å². The lowest BCUT2D eigenvalue weighted by molar-refractivity contribution is 0.667. The molecule has 7 nitrogen and oxygen atoms in total. The van der Waals surface area contributed by atoms with Crippen molar-refractivity contribution in [1.29, 1.82) is 0 Å². The number of H-pyrrole nitrogens is 2. The molecule has 10 aromatic carbocycles. The Balaban J connectivity index is 0.000000107. The lowest BCUT2D eigenvalue weighted by Gasteiger charge is -2.07. The van der Waals surface area contributed by atoms with E-state index in [0.717, 1.165) is 33.4 Å². The topological polar surface area (TPSA) is 88.6 Å². The molecule has 7 heterocycles. The molecule has 0 saturated heterocycles. The van der Waals surface area contributed by atoms with E-state index in [2.05, 4.69) is 284 Å². The van der Waals surface area contributed by atoms with Crippen molar-refractivity contribution >= 4 is 109 Å². The van der Waals surface area contributed by atoms with Crippen LogP contribution in [0.1, 0.15) is 164 Å². The molecule has 0 saturated carbocycles. The lowest BCUT2D eigenvalue weighted by atomic mass is 9.99. The van der Waals surface area contributed by atoms with Gasteiger partial charge in [0, 0.05) is 101 Å². The van der Waals surface area contributed by atoms with Crippen molar-refractivity contribution in [2.75, 3.05) is 0 Å². The van der Waals surface area contributed by atoms with Crippen molar-refractivity contribution < 1.29 is 8.83 Å². The van der Waals surface area contributed by atoms with Crippen LogP contribution in [0.3, 0.4) is 0 Å². The zero-order valence-corrected chi connectivity index (χ0v) is 55.6. The SMILES string of the molecule is CC(C)c1ccc2[nH]c3ccccc3c2c1.CC(C)c1ccc2c(c1)[nH]c1ccccc12.CC(C)c1ccc2c(c1)oc1ccccc12.CC(C)c1ccc2nccnc2c1.CC(C)c1ccc2oc3ccccc3c2c1.CC(C)c1cccc2c1cc1n2CCC1. The average Bonchev–Trinajstić information content (AvgIpc) is 2.61. The summed E-state index contributed by atoms with van der Waals surface area (Å²) < 4.78 is 14.1. The Morgan fingerprint density at radius 1 is 0.326 bits per heavy atom. The van der Waals surface area contributed by atoms with Gasteiger partial charge in [0.2, 0.25) is 0 Å². The summed E-state index contributed by atoms with van der Waals surface area (Å²) in [4.78, 5) is 15.4. The molecule has 17 rings (SSSR count). The summed E-state index contributed by atoms with van der Waals surface area (Å²) >= 11 is 0. The molecule has 92 heavy (non-hydrogen) atoms. The van der Waals surface area contributed by atoms with Gasteiger partial charge in [0.25, 0.3) is 0 Å². The highest BCUT2D eigenvalue weighted by Gasteiger charge is 2.17. The summed E-state index contributed by atoms with van der Waals surface area (Å²) in [5, 5.41) is 11.6. The first-order valence-corrected chi connectivity index (χ1v) is 33.2. The molecule has 1 aliphatic heterocycles. The van der Waals surface area contributed by atoms with Crippen LogP contribution in [0.5, 0.6) is 0 Å². The third kappa shape index (κ3) is 13.4. The quantitative estimate of drug-likeness (QED) is 0.174. The molecule has 1 aliphatic rings. The Kier molecular flexibility index (Phi) is 18.6. The molecule has 464 valence electrons. The van der Waals surface area contributed by atoms with Crippen LogP contribution in [0.4, 0.5) is 0 Å². The molecular formula is C85H87N5O2. The summed E-state index contributed by atoms with van der Waals surface area (Å²) in [6.45, 7) is 27.9. The highest BCUT2D eigenvalue weighted by molar-refractivity contribution is 6.09. The van der Waals surface area contributed by atoms with E-state index in [1.54, 1.807) is 12.4 Å². The molecule has 0 bridgehead atoms. The lowest BCUT2D eigenvalue weighted by Crippen LogP contribution is -1.92. The van der Waals surface area contributed by atoms with E-state index >= 15 is 0 Å². The first-order chi connectivity index (χ1) is 44.6. The maximum absolute atomic E-state index is 5.84. The highest BCUT2D eigenvalue weighted by atomic mass is 16.3. The molecule has 0 amide bonds. The molecule has 0 fully saturated rings. The number of aromatic amines is 2. The maximum atomic E-state index is 5.84. The summed E-state index contributed by atoms with van der Waals surface area (Å²) in [5.74, 6) is 3.42. The first kappa shape index (κ1) is 62.5. The van der Waals surface area contributed by atoms with Crippen molar-refractivity contribution in [3.63, 3.8) is 0 Å². The fourth-order valence-electron chi connectivity index (χ4n) is 12.8. The van der Waals surface area contributed by atoms with Gasteiger partial charge in [-0.25, -0.2) is 0 Å². The number of hydrogen-bond donors (Lipinski definition) is 2. The van der Waals surface area contributed by atoms with Crippen molar-refractivity contribution in [1.82, 2.24) is 24.5 Å². The Morgan fingerprint density at radius 3 is 1.43 bits per heavy atom. The van der Waals surface area contributed by atoms with Crippen LogP contribution in [-0.2, 0) is 13.0 Å². The average molecular weight is 1210 g/mol. The minimum Gasteiger partial charge on any atom is -0.456 e. The molecule has 0 radical (unpaired) electrons. The third-order valence-corrected chi connectivity index (χ3v) is 18.2. The normalized spacial score (nSPS) is 12.2. The van der Waals surface area contributed by atoms with Gasteiger partial charge in [0.1, 0.15) is 22.3 Å². The molecule has 6 aromatic heterocycles. The zero-order valence-electron chi connectivity index (χ0n) is 55.6. The van der Waals surface area contributed by atoms with Crippen LogP contribution < -0.4 is 0 Å². The van der Waals surface area contributed by atoms with Crippen LogP contribution in [0, 0.1) is 0 Å². The number of nitrogens with zero attached hydrogens (tertiary/aromatic N) is 3. The van der Waals surface area contributed by atoms with E-state index in [0.29, 0.717) is 35.5 Å². The smallest absolute Gasteiger partial charge is 0.135 e. The predicted molar refractivity (Wildman–Crippen MR) is 393 cm³/mol. The molecule has 0 atom stereocenters. The fourth-order valence-corrected chi connectivity index (χ4v) is 12.8. The summed E-state index contributed by atoms with van der Waals surface area (Å²) in [6.07, 6.45) is 6.02. The largest absolute Gasteiger partial charge is 0.456 e. The van der Waals surface area contributed by atoms with E-state index in [1.165, 1.54) is 135 Å². The van der Waals surface area contributed by atoms with Gasteiger partial charge in [0.05, 0.1) is 11.0 Å². The maximum Gasteiger partial charge on any atom is 0.135 e. The number of para-hydroxylation sites is 4. The molecule has 7 heteroatoms. The minimum absolute atomic E-state index is 0.539. The van der Waals surface area contributed by atoms with Crippen LogP contribution >= 0.6 is 0 Å². The van der Waals surface area contributed by atoms with Gasteiger partial charge in [-0.15, -0.1) is 0 Å². The van der Waals surface area contributed by atoms with Crippen LogP contribution in [0.2, 0.25) is 0 Å². The molecule has 0 unspecified atom stereocenters. The van der Waals surface area contributed by atoms with Crippen LogP contribution in [0.25, 0.3) is 109 Å². The van der Waals surface area contributed by atoms with Gasteiger partial charge < -0.3 is 23.4 Å². The number of nitrogens with one attached hydrogen (secondary N) is 2. The molecule has 2 N–H and O–H groups in total. The molecule has 0 aliphatic carbocycles. The van der Waals surface area contributed by atoms with Crippen LogP contribution in [0.15, 0.2) is 234 Å². The number of aromatic nitrogens is 5. The van der Waals surface area contributed by atoms with E-state index in [-0.39, 0.29) is 0 Å². The second-order valence-corrected chi connectivity index (χ2v) is 26.6. The number of fused-ring (bicyclic) bond motifs is 16. The monoisotopic (exact) mass is 1210 g/mol. The van der Waals surface area contributed by atoms with Crippen molar-refractivity contribution in [2.24, 2.45) is 0 Å². The Morgan fingerprint density at radius 2 is 0.783 bits per heavy atom. The molecule has 16 aromatic rings. The summed E-state index contributed by atoms with van der Waals surface area (Å²) in [7, 11) is 0. The number of hydrogen-bond acceptors (Lipinski definition) is 4. The van der Waals surface area contributed by atoms with Gasteiger partial charge >= 0.3 is 0 Å². The van der Waals surface area contributed by atoms with Crippen molar-refractivity contribution in [2.45, 2.75) is 138 Å². The van der Waals surface area contributed by atoms with Crippen molar-refractivity contribution in [3.8, 4) is 0 Å². The standard InChI is InChI=1S/2C15H15N.2C15H14O.C14H17N.C11H12N2/c1-10(2)11-7-8-15-13(9-11)12-5-3-4-6-14(12)16-15;1-10(2)11-7-8-13-12-5-3-4-6-14(12)16-15(13)9-11;1-10(2)11-7-8-15-13(9-11)12-5-3-4-6-14(12)16-15;1-10(2)11-7-8-13-12-5-3-4-6-14(12)16-15(13)9-11;1-10(2)12-6-3-7-14-13(12)9-11-5-4-8-15(11)14;1-8(2)9-3-4-10-11(7-9)13-6-5-12-10/h2*3-10,16H,1-2H3;2*3-10H,1-2H3;3,6-7,9-10H,4-5,8H2,1-2H3;3-8H,1-2H3. The number of furan rings is 2. The van der Waals surface area contributed by atoms with E-state index < -0.39 is 0 Å². The third-order valence-electron chi connectivity index (χ3n) is 18.2. The highest BCUT2D eigenvalue weighted by Crippen LogP contribution is 2.35. The van der Waals surface area contributed by atoms with Gasteiger partial charge in [-0.1, -0.05) is 210 Å². The second-order valence-electron chi connectivity index (χ2n) is 26.6. The fraction of sp³-hybridized carbons (Fsp3) is 0.247. The van der Waals surface area contributed by atoms with Gasteiger partial charge in [-0.3, -0.25) is 9.97 Å². The van der Waals surface area contributed by atoms with Gasteiger partial charge in [0.15, 0.2) is 0 Å². The van der Waals surface area contributed by atoms with E-state index in [1.807, 2.05) is 36.4 Å². The Labute approximate surface area is 541 Å². The molecule has 0 spiro atoms. The van der Waals surface area contributed by atoms with Gasteiger partial charge in [-0.2, -0.15) is 0 Å². The number of rotatable bonds is 6. The number of aryl methyl sites for hydroxylation is 2. The first-order valence-electron chi connectivity index (χ1n) is 33.2. The molecular weight excluding hydrogens is 1120 g/mol. The second kappa shape index (κ2) is 27.4. The van der Waals surface area contributed by atoms with Crippen LogP contribution in [-0.4, -0.2) is 24.5 Å². The van der Waals surface area contributed by atoms with Gasteiger partial charge in [-0.05, 0) is 167 Å².